The van der Waals surface area contributed by atoms with Gasteiger partial charge in [-0.15, -0.1) is 0 Å². The van der Waals surface area contributed by atoms with Gasteiger partial charge in [-0.25, -0.2) is 12.7 Å². The summed E-state index contributed by atoms with van der Waals surface area (Å²) in [5.74, 6) is 0. The summed E-state index contributed by atoms with van der Waals surface area (Å²) in [6.07, 6.45) is 1.22. The molecule has 0 aromatic carbocycles. The monoisotopic (exact) mass is 307 g/mol. The first-order valence-corrected chi connectivity index (χ1v) is 7.18. The first kappa shape index (κ1) is 11.9. The lowest BCUT2D eigenvalue weighted by atomic mass is 10.7. The minimum absolute atomic E-state index is 0.532. The molecule has 0 aliphatic rings. The molecule has 0 saturated carbocycles. The maximum Gasteiger partial charge on any atom is 0.211 e. The highest BCUT2D eigenvalue weighted by Crippen LogP contribution is 1.99. The van der Waals surface area contributed by atoms with Crippen molar-refractivity contribution >= 4 is 41.9 Å². The van der Waals surface area contributed by atoms with Crippen molar-refractivity contribution in [2.45, 2.75) is 0 Å². The Morgan fingerprint density at radius 2 is 1.55 bits per heavy atom. The Labute approximate surface area is 84.5 Å². The van der Waals surface area contributed by atoms with Crippen LogP contribution < -0.4 is 0 Å². The molecule has 0 rings (SSSR count). The summed E-state index contributed by atoms with van der Waals surface area (Å²) in [5, 5.41) is 1.35. The van der Waals surface area contributed by atoms with E-state index in [1.807, 2.05) is 0 Å². The van der Waals surface area contributed by atoms with E-state index in [9.17, 15) is 8.42 Å². The van der Waals surface area contributed by atoms with Gasteiger partial charge < -0.3 is 0 Å². The van der Waals surface area contributed by atoms with E-state index in [0.717, 1.165) is 0 Å². The Kier molecular flexibility index (Phi) is 5.94. The molecule has 0 aliphatic carbocycles. The van der Waals surface area contributed by atoms with Crippen LogP contribution in [0, 0.1) is 0 Å². The van der Waals surface area contributed by atoms with Crippen LogP contribution >= 0.6 is 31.9 Å². The third-order valence-electron chi connectivity index (χ3n) is 1.14. The van der Waals surface area contributed by atoms with Crippen LogP contribution in [0.5, 0.6) is 0 Å². The van der Waals surface area contributed by atoms with Crippen molar-refractivity contribution in [3.8, 4) is 0 Å². The second-order valence-electron chi connectivity index (χ2n) is 2.04. The van der Waals surface area contributed by atoms with E-state index in [1.54, 1.807) is 0 Å². The minimum Gasteiger partial charge on any atom is -0.213 e. The average Bonchev–Trinajstić information content (AvgIpc) is 1.85. The summed E-state index contributed by atoms with van der Waals surface area (Å²) in [4.78, 5) is 0. The van der Waals surface area contributed by atoms with Gasteiger partial charge in [0.2, 0.25) is 10.0 Å². The topological polar surface area (TPSA) is 37.4 Å². The summed E-state index contributed by atoms with van der Waals surface area (Å²) in [6, 6.07) is 0. The third kappa shape index (κ3) is 5.16. The van der Waals surface area contributed by atoms with E-state index < -0.39 is 10.0 Å². The number of alkyl halides is 2. The number of halogens is 2. The maximum atomic E-state index is 11.0. The zero-order valence-electron chi connectivity index (χ0n) is 6.26. The van der Waals surface area contributed by atoms with Crippen LogP contribution in [0.4, 0.5) is 0 Å². The quantitative estimate of drug-likeness (QED) is 0.712. The van der Waals surface area contributed by atoms with Crippen LogP contribution in [-0.4, -0.2) is 42.7 Å². The number of hydrogen-bond acceptors (Lipinski definition) is 2. The number of hydrogen-bond donors (Lipinski definition) is 0. The lowest BCUT2D eigenvalue weighted by molar-refractivity contribution is 0.456. The van der Waals surface area contributed by atoms with E-state index in [1.165, 1.54) is 10.6 Å². The highest BCUT2D eigenvalue weighted by molar-refractivity contribution is 9.09. The molecule has 68 valence electrons. The van der Waals surface area contributed by atoms with E-state index in [0.29, 0.717) is 23.7 Å². The largest absolute Gasteiger partial charge is 0.213 e. The molecule has 0 radical (unpaired) electrons. The molecule has 11 heavy (non-hydrogen) atoms. The first-order chi connectivity index (χ1) is 5.02. The molecule has 3 nitrogen and oxygen atoms in total. The number of nitrogens with zero attached hydrogens (tertiary/aromatic N) is 1. The summed E-state index contributed by atoms with van der Waals surface area (Å²) in [6.45, 7) is 1.06. The molecule has 0 spiro atoms. The zero-order valence-corrected chi connectivity index (χ0v) is 10.2. The van der Waals surface area contributed by atoms with Gasteiger partial charge in [0.05, 0.1) is 6.26 Å². The zero-order chi connectivity index (χ0) is 8.91. The molecular formula is C5H11Br2NO2S. The second-order valence-corrected chi connectivity index (χ2v) is 5.61. The van der Waals surface area contributed by atoms with E-state index in [2.05, 4.69) is 31.9 Å². The fourth-order valence-corrected chi connectivity index (χ4v) is 2.80. The van der Waals surface area contributed by atoms with E-state index in [4.69, 9.17) is 0 Å². The summed E-state index contributed by atoms with van der Waals surface area (Å²) in [7, 11) is -3.02. The van der Waals surface area contributed by atoms with Gasteiger partial charge in [-0.2, -0.15) is 0 Å². The predicted molar refractivity (Wildman–Crippen MR) is 54.0 cm³/mol. The lowest BCUT2D eigenvalue weighted by Crippen LogP contribution is -2.33. The van der Waals surface area contributed by atoms with Crippen molar-refractivity contribution in [3.05, 3.63) is 0 Å². The Bertz CT molecular complexity index is 187. The van der Waals surface area contributed by atoms with Crippen LogP contribution in [0.2, 0.25) is 0 Å². The Morgan fingerprint density at radius 3 is 1.73 bits per heavy atom. The lowest BCUT2D eigenvalue weighted by Gasteiger charge is -2.16. The molecule has 0 unspecified atom stereocenters. The first-order valence-electron chi connectivity index (χ1n) is 3.09. The van der Waals surface area contributed by atoms with Crippen LogP contribution in [0.15, 0.2) is 0 Å². The summed E-state index contributed by atoms with van der Waals surface area (Å²) < 4.78 is 23.4. The van der Waals surface area contributed by atoms with Gasteiger partial charge in [-0.05, 0) is 0 Å². The fourth-order valence-electron chi connectivity index (χ4n) is 0.632. The van der Waals surface area contributed by atoms with Crippen LogP contribution in [0.1, 0.15) is 0 Å². The van der Waals surface area contributed by atoms with Gasteiger partial charge in [-0.3, -0.25) is 0 Å². The van der Waals surface area contributed by atoms with Gasteiger partial charge in [0.25, 0.3) is 0 Å². The highest BCUT2D eigenvalue weighted by atomic mass is 79.9. The van der Waals surface area contributed by atoms with Crippen molar-refractivity contribution in [1.29, 1.82) is 0 Å². The van der Waals surface area contributed by atoms with Crippen molar-refractivity contribution < 1.29 is 8.42 Å². The van der Waals surface area contributed by atoms with Gasteiger partial charge >= 0.3 is 0 Å². The molecule has 6 heteroatoms. The molecule has 0 fully saturated rings. The fraction of sp³-hybridized carbons (Fsp3) is 1.00. The Hall–Kier alpha value is 0.870. The summed E-state index contributed by atoms with van der Waals surface area (Å²) >= 11 is 6.38. The van der Waals surface area contributed by atoms with Gasteiger partial charge in [0.15, 0.2) is 0 Å². The molecule has 0 aliphatic heterocycles. The van der Waals surface area contributed by atoms with Gasteiger partial charge in [0, 0.05) is 23.7 Å². The second kappa shape index (κ2) is 5.50. The Morgan fingerprint density at radius 1 is 1.18 bits per heavy atom. The van der Waals surface area contributed by atoms with Gasteiger partial charge in [-0.1, -0.05) is 31.9 Å². The molecule has 0 saturated heterocycles. The molecular weight excluding hydrogens is 298 g/mol. The standard InChI is InChI=1S/C5H11Br2NO2S/c1-11(9,10)8(4-2-6)5-3-7/h2-5H2,1H3. The van der Waals surface area contributed by atoms with Crippen LogP contribution in [0.25, 0.3) is 0 Å². The smallest absolute Gasteiger partial charge is 0.211 e. The normalized spacial score (nSPS) is 12.4. The third-order valence-corrected chi connectivity index (χ3v) is 3.15. The van der Waals surface area contributed by atoms with E-state index >= 15 is 0 Å². The van der Waals surface area contributed by atoms with Crippen LogP contribution in [0.3, 0.4) is 0 Å². The molecule has 0 aromatic heterocycles. The van der Waals surface area contributed by atoms with Crippen molar-refractivity contribution in [2.24, 2.45) is 0 Å². The minimum atomic E-state index is -3.02. The number of rotatable bonds is 5. The molecule has 0 atom stereocenters. The SMILES string of the molecule is CS(=O)(=O)N(CCBr)CCBr. The molecule has 0 N–H and O–H groups in total. The van der Waals surface area contributed by atoms with Crippen LogP contribution in [-0.2, 0) is 10.0 Å². The van der Waals surface area contributed by atoms with Crippen molar-refractivity contribution in [3.63, 3.8) is 0 Å². The molecule has 0 heterocycles. The van der Waals surface area contributed by atoms with Crippen molar-refractivity contribution in [1.82, 2.24) is 4.31 Å². The molecule has 0 aromatic rings. The summed E-state index contributed by atoms with van der Waals surface area (Å²) in [5.41, 5.74) is 0. The molecule has 0 bridgehead atoms. The van der Waals surface area contributed by atoms with Crippen molar-refractivity contribution in [2.75, 3.05) is 30.0 Å². The predicted octanol–water partition coefficient (Wildman–Crippen LogP) is 1.04. The number of sulfonamides is 1. The molecule has 0 amide bonds. The average molecular weight is 309 g/mol. The van der Waals surface area contributed by atoms with Gasteiger partial charge in [0.1, 0.15) is 0 Å². The maximum absolute atomic E-state index is 11.0. The van der Waals surface area contributed by atoms with E-state index in [-0.39, 0.29) is 0 Å². The highest BCUT2D eigenvalue weighted by Gasteiger charge is 2.13. The Balaban J connectivity index is 4.11.